The fourth-order valence-electron chi connectivity index (χ4n) is 1.83. The predicted octanol–water partition coefficient (Wildman–Crippen LogP) is 2.91. The van der Waals surface area contributed by atoms with Gasteiger partial charge in [-0.1, -0.05) is 24.3 Å². The number of nitro groups is 1. The number of carboxylic acids is 1. The van der Waals surface area contributed by atoms with E-state index in [1.54, 1.807) is 30.3 Å². The summed E-state index contributed by atoms with van der Waals surface area (Å²) < 4.78 is 5.47. The second-order valence-corrected chi connectivity index (χ2v) is 4.32. The van der Waals surface area contributed by atoms with Crippen LogP contribution in [0.2, 0.25) is 0 Å². The molecule has 108 valence electrons. The molecule has 1 N–H and O–H groups in total. The first-order chi connectivity index (χ1) is 10.1. The molecule has 0 bridgehead atoms. The van der Waals surface area contributed by atoms with E-state index in [0.717, 1.165) is 5.56 Å². The number of para-hydroxylation sites is 1. The molecule has 0 radical (unpaired) electrons. The maximum absolute atomic E-state index is 11.0. The Balaban J connectivity index is 1.95. The lowest BCUT2D eigenvalue weighted by molar-refractivity contribution is -0.384. The van der Waals surface area contributed by atoms with Gasteiger partial charge in [0.25, 0.3) is 5.69 Å². The summed E-state index contributed by atoms with van der Waals surface area (Å²) in [4.78, 5) is 21.1. The van der Waals surface area contributed by atoms with Gasteiger partial charge in [0, 0.05) is 18.6 Å². The Labute approximate surface area is 120 Å². The summed E-state index contributed by atoms with van der Waals surface area (Å²) >= 11 is 0. The van der Waals surface area contributed by atoms with Crippen molar-refractivity contribution in [3.8, 4) is 5.75 Å². The second kappa shape index (κ2) is 6.51. The Morgan fingerprint density at radius 2 is 1.81 bits per heavy atom. The fourth-order valence-corrected chi connectivity index (χ4v) is 1.83. The Morgan fingerprint density at radius 3 is 2.43 bits per heavy atom. The van der Waals surface area contributed by atoms with Gasteiger partial charge in [-0.3, -0.25) is 10.1 Å². The molecule has 21 heavy (non-hydrogen) atoms. The summed E-state index contributed by atoms with van der Waals surface area (Å²) in [5, 5.41) is 19.6. The summed E-state index contributed by atoms with van der Waals surface area (Å²) in [6.07, 6.45) is 0.534. The van der Waals surface area contributed by atoms with Crippen molar-refractivity contribution in [1.29, 1.82) is 0 Å². The first-order valence-corrected chi connectivity index (χ1v) is 6.26. The van der Waals surface area contributed by atoms with E-state index in [-0.39, 0.29) is 11.3 Å². The van der Waals surface area contributed by atoms with Crippen molar-refractivity contribution in [1.82, 2.24) is 0 Å². The smallest absolute Gasteiger partial charge is 0.339 e. The third-order valence-electron chi connectivity index (χ3n) is 2.91. The average molecular weight is 287 g/mol. The van der Waals surface area contributed by atoms with E-state index in [1.165, 1.54) is 18.2 Å². The molecule has 0 saturated carbocycles. The predicted molar refractivity (Wildman–Crippen MR) is 75.7 cm³/mol. The van der Waals surface area contributed by atoms with Crippen LogP contribution in [0.3, 0.4) is 0 Å². The molecule has 6 nitrogen and oxygen atoms in total. The zero-order valence-corrected chi connectivity index (χ0v) is 11.1. The van der Waals surface area contributed by atoms with Gasteiger partial charge in [0.15, 0.2) is 0 Å². The van der Waals surface area contributed by atoms with Crippen molar-refractivity contribution < 1.29 is 19.6 Å². The molecular formula is C15H13NO5. The van der Waals surface area contributed by atoms with E-state index in [4.69, 9.17) is 9.84 Å². The molecule has 0 atom stereocenters. The van der Waals surface area contributed by atoms with Gasteiger partial charge in [-0.25, -0.2) is 4.79 Å². The zero-order valence-electron chi connectivity index (χ0n) is 11.1. The topological polar surface area (TPSA) is 89.7 Å². The highest BCUT2D eigenvalue weighted by molar-refractivity contribution is 5.90. The number of nitro benzene ring substituents is 1. The van der Waals surface area contributed by atoms with Crippen LogP contribution in [0.5, 0.6) is 5.75 Å². The molecule has 0 aliphatic carbocycles. The lowest BCUT2D eigenvalue weighted by atomic mass is 10.1. The van der Waals surface area contributed by atoms with Crippen LogP contribution < -0.4 is 4.74 Å². The quantitative estimate of drug-likeness (QED) is 0.651. The Bertz CT molecular complexity index is 651. The number of hydrogen-bond donors (Lipinski definition) is 1. The molecule has 2 rings (SSSR count). The number of carboxylic acid groups (broad SMARTS) is 1. The first kappa shape index (κ1) is 14.5. The molecule has 0 fully saturated rings. The van der Waals surface area contributed by atoms with Gasteiger partial charge < -0.3 is 9.84 Å². The highest BCUT2D eigenvalue weighted by Gasteiger charge is 2.10. The Morgan fingerprint density at radius 1 is 1.14 bits per heavy atom. The van der Waals surface area contributed by atoms with E-state index in [9.17, 15) is 14.9 Å². The fraction of sp³-hybridized carbons (Fsp3) is 0.133. The van der Waals surface area contributed by atoms with Crippen LogP contribution in [-0.2, 0) is 6.42 Å². The van der Waals surface area contributed by atoms with Gasteiger partial charge in [0.2, 0.25) is 0 Å². The van der Waals surface area contributed by atoms with Crippen LogP contribution in [0, 0.1) is 10.1 Å². The van der Waals surface area contributed by atoms with E-state index >= 15 is 0 Å². The molecule has 0 unspecified atom stereocenters. The number of hydrogen-bond acceptors (Lipinski definition) is 4. The van der Waals surface area contributed by atoms with Gasteiger partial charge in [-0.15, -0.1) is 0 Å². The van der Waals surface area contributed by atoms with Gasteiger partial charge in [0.05, 0.1) is 11.5 Å². The Kier molecular flexibility index (Phi) is 4.50. The Hall–Kier alpha value is -2.89. The molecule has 0 aliphatic rings. The van der Waals surface area contributed by atoms with Crippen molar-refractivity contribution in [2.24, 2.45) is 0 Å². The molecule has 2 aromatic carbocycles. The number of ether oxygens (including phenoxy) is 1. The van der Waals surface area contributed by atoms with E-state index in [2.05, 4.69) is 0 Å². The normalized spacial score (nSPS) is 10.1. The maximum atomic E-state index is 11.0. The number of aromatic carboxylic acids is 1. The third-order valence-corrected chi connectivity index (χ3v) is 2.91. The van der Waals surface area contributed by atoms with Crippen LogP contribution in [0.25, 0.3) is 0 Å². The molecule has 0 saturated heterocycles. The summed E-state index contributed by atoms with van der Waals surface area (Å²) in [6.45, 7) is 0.294. The van der Waals surface area contributed by atoms with Crippen molar-refractivity contribution >= 4 is 11.7 Å². The molecule has 2 aromatic rings. The van der Waals surface area contributed by atoms with Crippen molar-refractivity contribution in [2.45, 2.75) is 6.42 Å². The minimum Gasteiger partial charge on any atom is -0.492 e. The molecule has 0 heterocycles. The minimum atomic E-state index is -1.04. The number of carbonyl (C=O) groups is 1. The van der Waals surface area contributed by atoms with Gasteiger partial charge >= 0.3 is 5.97 Å². The number of benzene rings is 2. The monoisotopic (exact) mass is 287 g/mol. The average Bonchev–Trinajstić information content (AvgIpc) is 2.48. The van der Waals surface area contributed by atoms with Crippen LogP contribution >= 0.6 is 0 Å². The number of nitrogens with zero attached hydrogens (tertiary/aromatic N) is 1. The van der Waals surface area contributed by atoms with Gasteiger partial charge in [0.1, 0.15) is 11.3 Å². The van der Waals surface area contributed by atoms with Crippen molar-refractivity contribution in [3.63, 3.8) is 0 Å². The molecule has 0 aromatic heterocycles. The minimum absolute atomic E-state index is 0.0379. The van der Waals surface area contributed by atoms with Crippen molar-refractivity contribution in [2.75, 3.05) is 6.61 Å². The largest absolute Gasteiger partial charge is 0.492 e. The highest BCUT2D eigenvalue weighted by Crippen LogP contribution is 2.18. The van der Waals surface area contributed by atoms with E-state index < -0.39 is 10.9 Å². The van der Waals surface area contributed by atoms with E-state index in [0.29, 0.717) is 18.8 Å². The SMILES string of the molecule is O=C(O)c1ccccc1OCCc1ccc([N+](=O)[O-])cc1. The summed E-state index contributed by atoms with van der Waals surface area (Å²) in [6, 6.07) is 12.6. The molecule has 0 spiro atoms. The highest BCUT2D eigenvalue weighted by atomic mass is 16.6. The third kappa shape index (κ3) is 3.79. The molecular weight excluding hydrogens is 274 g/mol. The molecule has 0 aliphatic heterocycles. The maximum Gasteiger partial charge on any atom is 0.339 e. The zero-order chi connectivity index (χ0) is 15.2. The number of non-ortho nitro benzene ring substituents is 1. The summed E-state index contributed by atoms with van der Waals surface area (Å²) in [7, 11) is 0. The lowest BCUT2D eigenvalue weighted by Crippen LogP contribution is -2.06. The lowest BCUT2D eigenvalue weighted by Gasteiger charge is -2.08. The first-order valence-electron chi connectivity index (χ1n) is 6.26. The molecule has 6 heteroatoms. The van der Waals surface area contributed by atoms with Gasteiger partial charge in [-0.05, 0) is 17.7 Å². The number of rotatable bonds is 6. The summed E-state index contributed by atoms with van der Waals surface area (Å²) in [5.74, 6) is -0.729. The van der Waals surface area contributed by atoms with Crippen LogP contribution in [0.1, 0.15) is 15.9 Å². The second-order valence-electron chi connectivity index (χ2n) is 4.32. The van der Waals surface area contributed by atoms with E-state index in [1.807, 2.05) is 0 Å². The van der Waals surface area contributed by atoms with Crippen molar-refractivity contribution in [3.05, 3.63) is 69.8 Å². The standard InChI is InChI=1S/C15H13NO5/c17-15(18)13-3-1-2-4-14(13)21-10-9-11-5-7-12(8-6-11)16(19)20/h1-8H,9-10H2,(H,17,18). The summed E-state index contributed by atoms with van der Waals surface area (Å²) in [5.41, 5.74) is 1.03. The van der Waals surface area contributed by atoms with Crippen LogP contribution in [0.4, 0.5) is 5.69 Å². The van der Waals surface area contributed by atoms with Crippen LogP contribution in [-0.4, -0.2) is 22.6 Å². The van der Waals surface area contributed by atoms with Crippen LogP contribution in [0.15, 0.2) is 48.5 Å². The molecule has 0 amide bonds. The van der Waals surface area contributed by atoms with Gasteiger partial charge in [-0.2, -0.15) is 0 Å².